The third-order valence-electron chi connectivity index (χ3n) is 13.6. The van der Waals surface area contributed by atoms with Crippen molar-refractivity contribution in [3.05, 3.63) is 47.7 Å². The average molecular weight is 806 g/mol. The van der Waals surface area contributed by atoms with E-state index in [1.54, 1.807) is 17.0 Å². The number of benzene rings is 2. The number of nitrogens with two attached hydrogens (primary N) is 1. The van der Waals surface area contributed by atoms with Gasteiger partial charge in [0.05, 0.1) is 39.9 Å². The highest BCUT2D eigenvalue weighted by molar-refractivity contribution is 6.90. The highest BCUT2D eigenvalue weighted by Crippen LogP contribution is 2.66. The molecule has 1 spiro atoms. The number of halogens is 4. The first-order valence-corrected chi connectivity index (χ1v) is 22.3. The molecular formula is C44H52F4N6O2Si. The molecule has 2 aliphatic carbocycles. The van der Waals surface area contributed by atoms with Crippen LogP contribution >= 0.6 is 0 Å². The number of hydrogen-bond acceptors (Lipinski definition) is 8. The van der Waals surface area contributed by atoms with Crippen molar-refractivity contribution in [2.75, 3.05) is 50.0 Å². The molecular weight excluding hydrogens is 749 g/mol. The fourth-order valence-electron chi connectivity index (χ4n) is 10.4. The Bertz CT molecular complexity index is 2550. The van der Waals surface area contributed by atoms with Gasteiger partial charge in [-0.2, -0.15) is 9.97 Å². The summed E-state index contributed by atoms with van der Waals surface area (Å²) < 4.78 is 122. The van der Waals surface area contributed by atoms with Crippen molar-refractivity contribution >= 4 is 41.3 Å². The first kappa shape index (κ1) is 32.9. The van der Waals surface area contributed by atoms with E-state index in [-0.39, 0.29) is 82.0 Å². The predicted octanol–water partition coefficient (Wildman–Crippen LogP) is 8.79. The molecule has 0 bridgehead atoms. The number of alkyl halides is 2. The molecule has 5 fully saturated rings. The molecule has 13 heteroatoms. The van der Waals surface area contributed by atoms with Gasteiger partial charge < -0.3 is 20.1 Å². The van der Waals surface area contributed by atoms with Crippen LogP contribution in [0.1, 0.15) is 79.6 Å². The van der Waals surface area contributed by atoms with Gasteiger partial charge in [0.15, 0.2) is 5.82 Å². The number of nitrogen functional groups attached to an aromatic ring is 1. The topological polar surface area (TPSA) is 89.6 Å². The highest BCUT2D eigenvalue weighted by Gasteiger charge is 2.68. The largest absolute Gasteiger partial charge is 0.461 e. The third-order valence-corrected chi connectivity index (χ3v) is 19.9. The van der Waals surface area contributed by atoms with Crippen molar-refractivity contribution in [3.8, 4) is 28.7 Å². The van der Waals surface area contributed by atoms with Crippen LogP contribution in [0.3, 0.4) is 0 Å². The van der Waals surface area contributed by atoms with Crippen molar-refractivity contribution in [1.29, 1.82) is 0 Å². The number of anilines is 2. The Morgan fingerprint density at radius 3 is 2.58 bits per heavy atom. The normalized spacial score (nSPS) is 30.4. The summed E-state index contributed by atoms with van der Waals surface area (Å²) in [6, 6.07) is 4.67. The van der Waals surface area contributed by atoms with E-state index in [0.717, 1.165) is 4.90 Å². The van der Waals surface area contributed by atoms with Crippen LogP contribution in [0.2, 0.25) is 16.6 Å². The minimum atomic E-state index is -2.90. The van der Waals surface area contributed by atoms with E-state index in [2.05, 4.69) is 68.0 Å². The molecule has 8 nitrogen and oxygen atoms in total. The lowest BCUT2D eigenvalue weighted by Crippen LogP contribution is -2.49. The molecule has 5 atom stereocenters. The summed E-state index contributed by atoms with van der Waals surface area (Å²) in [6.07, 6.45) is -2.62. The van der Waals surface area contributed by atoms with Gasteiger partial charge in [0.1, 0.15) is 49.8 Å². The SMILES string of the molecule is [2H]C1([2H])CC2(CC2)[C@@]2(C([2H])([2H])Oc3nc(N4CCOC[C@H]5[C@H](F)[C@H]54)c4cnc(-c5cc(N)cc6ccc(F)c(C#C[Si](C(C)C)(C(C)C)C(C)C)c56)c(F)c4n3)C[C@@]([2H])(F)CN12. The van der Waals surface area contributed by atoms with Gasteiger partial charge in [0.2, 0.25) is 0 Å². The molecule has 2 aromatic heterocycles. The molecule has 4 aromatic rings. The maximum absolute atomic E-state index is 17.7. The molecule has 3 saturated heterocycles. The van der Waals surface area contributed by atoms with Crippen LogP contribution in [0.25, 0.3) is 32.9 Å². The van der Waals surface area contributed by atoms with Gasteiger partial charge in [-0.3, -0.25) is 9.88 Å². The Balaban J connectivity index is 1.24. The summed E-state index contributed by atoms with van der Waals surface area (Å²) in [7, 11) is -2.37. The summed E-state index contributed by atoms with van der Waals surface area (Å²) >= 11 is 0. The van der Waals surface area contributed by atoms with Gasteiger partial charge in [0, 0.05) is 51.0 Å². The number of ether oxygens (including phenoxy) is 2. The minimum absolute atomic E-state index is 0.00998. The van der Waals surface area contributed by atoms with Crippen molar-refractivity contribution in [2.45, 2.75) is 108 Å². The number of nitrogens with zero attached hydrogens (tertiary/aromatic N) is 5. The van der Waals surface area contributed by atoms with Gasteiger partial charge in [-0.25, -0.2) is 17.6 Å². The Kier molecular flexibility index (Phi) is 7.97. The fraction of sp³-hybridized carbons (Fsp3) is 0.568. The first-order valence-electron chi connectivity index (χ1n) is 22.6. The van der Waals surface area contributed by atoms with Crippen molar-refractivity contribution in [2.24, 2.45) is 11.3 Å². The molecule has 2 saturated carbocycles. The maximum Gasteiger partial charge on any atom is 0.319 e. The minimum Gasteiger partial charge on any atom is -0.461 e. The van der Waals surface area contributed by atoms with E-state index in [9.17, 15) is 2.74 Å². The van der Waals surface area contributed by atoms with Gasteiger partial charge in [-0.15, -0.1) is 5.54 Å². The summed E-state index contributed by atoms with van der Waals surface area (Å²) in [6.45, 7) is 7.68. The number of pyridine rings is 1. The number of aromatic nitrogens is 3. The lowest BCUT2D eigenvalue weighted by molar-refractivity contribution is 0.0639. The summed E-state index contributed by atoms with van der Waals surface area (Å²) in [5, 5.41) is 0.853. The molecule has 5 heterocycles. The van der Waals surface area contributed by atoms with Crippen molar-refractivity contribution in [1.82, 2.24) is 19.9 Å². The molecule has 3 aliphatic heterocycles. The van der Waals surface area contributed by atoms with Crippen LogP contribution < -0.4 is 15.4 Å². The highest BCUT2D eigenvalue weighted by atomic mass is 28.3. The Labute approximate surface area is 339 Å². The molecule has 2 aromatic carbocycles. The molecule has 0 amide bonds. The molecule has 9 rings (SSSR count). The molecule has 0 radical (unpaired) electrons. The molecule has 2 N–H and O–H groups in total. The van der Waals surface area contributed by atoms with Gasteiger partial charge in [-0.1, -0.05) is 53.5 Å². The second-order valence-electron chi connectivity index (χ2n) is 17.6. The maximum atomic E-state index is 17.7. The molecule has 302 valence electrons. The van der Waals surface area contributed by atoms with Crippen LogP contribution in [0, 0.1) is 34.4 Å². The van der Waals surface area contributed by atoms with Crippen molar-refractivity contribution in [3.63, 3.8) is 0 Å². The number of rotatable bonds is 8. The van der Waals surface area contributed by atoms with E-state index in [1.165, 1.54) is 18.3 Å². The van der Waals surface area contributed by atoms with E-state index in [0.29, 0.717) is 23.6 Å². The number of hydrogen-bond donors (Lipinski definition) is 1. The van der Waals surface area contributed by atoms with Crippen LogP contribution in [0.5, 0.6) is 6.01 Å². The summed E-state index contributed by atoms with van der Waals surface area (Å²) in [5.41, 5.74) is 7.64. The van der Waals surface area contributed by atoms with Gasteiger partial charge in [0.25, 0.3) is 0 Å². The van der Waals surface area contributed by atoms with E-state index in [4.69, 9.17) is 19.3 Å². The van der Waals surface area contributed by atoms with E-state index >= 15 is 17.6 Å². The Hall–Kier alpha value is -3.99. The van der Waals surface area contributed by atoms with Crippen LogP contribution in [0.4, 0.5) is 29.1 Å². The van der Waals surface area contributed by atoms with Crippen LogP contribution in [-0.2, 0) is 4.74 Å². The zero-order valence-corrected chi connectivity index (χ0v) is 34.1. The van der Waals surface area contributed by atoms with Crippen LogP contribution in [0.15, 0.2) is 30.5 Å². The van der Waals surface area contributed by atoms with E-state index in [1.807, 2.05) is 0 Å². The average Bonchev–Trinajstić information content (AvgIpc) is 4.06. The second-order valence-corrected chi connectivity index (χ2v) is 23.2. The predicted molar refractivity (Wildman–Crippen MR) is 218 cm³/mol. The van der Waals surface area contributed by atoms with Gasteiger partial charge in [-0.05, 0) is 71.4 Å². The summed E-state index contributed by atoms with van der Waals surface area (Å²) in [4.78, 5) is 16.3. The lowest BCUT2D eigenvalue weighted by atomic mass is 9.80. The smallest absolute Gasteiger partial charge is 0.319 e. The van der Waals surface area contributed by atoms with Crippen LogP contribution in [-0.4, -0.2) is 91.2 Å². The fourth-order valence-corrected chi connectivity index (χ4v) is 15.6. The second kappa shape index (κ2) is 13.8. The number of fused-ring (bicyclic) bond motifs is 5. The molecule has 0 unspecified atom stereocenters. The van der Waals surface area contributed by atoms with E-state index < -0.39 is 87.0 Å². The van der Waals surface area contributed by atoms with Crippen molar-refractivity contribution < 1.29 is 33.9 Å². The quantitative estimate of drug-likeness (QED) is 0.0819. The Morgan fingerprint density at radius 2 is 1.86 bits per heavy atom. The standard InChI is InChI=1S/C44H52F4N6O2Si/c1-24(2)57(25(3)4,26(5)6)16-9-30-34(46)8-7-27-17-29(49)18-31(35(27)30)38-37(48)39-32(20-50-38)41(54-14-15-55-22-33-36(47)40(33)54)52-42(51-39)56-23-44-19-28(45)21-53(44)13-12-43(44)10-11-43/h7-8,17-18,20,24-26,28,33,36,40H,10-15,19,21-23,49H2,1-6H3/t28-,33+,36+,40+,44+/m1/s1/i13D2,23D2,28D. The van der Waals surface area contributed by atoms with Gasteiger partial charge >= 0.3 is 6.01 Å². The Morgan fingerprint density at radius 1 is 1.11 bits per heavy atom. The molecule has 5 aliphatic rings. The zero-order chi connectivity index (χ0) is 44.7. The third kappa shape index (κ3) is 5.94. The lowest BCUT2D eigenvalue weighted by Gasteiger charge is -2.38. The molecule has 57 heavy (non-hydrogen) atoms. The first-order chi connectivity index (χ1) is 29.0. The monoisotopic (exact) mass is 805 g/mol. The summed E-state index contributed by atoms with van der Waals surface area (Å²) in [5.74, 6) is 1.15. The zero-order valence-electron chi connectivity index (χ0n) is 38.1.